The maximum absolute atomic E-state index is 5.38. The molecule has 2 N–H and O–H groups in total. The van der Waals surface area contributed by atoms with E-state index in [1.165, 1.54) is 51.5 Å². The van der Waals surface area contributed by atoms with Crippen LogP contribution in [0.5, 0.6) is 0 Å². The van der Waals surface area contributed by atoms with Crippen molar-refractivity contribution in [2.75, 3.05) is 53.0 Å². The fourth-order valence-corrected chi connectivity index (χ4v) is 3.93. The van der Waals surface area contributed by atoms with Gasteiger partial charge < -0.3 is 15.4 Å². The Morgan fingerprint density at radius 1 is 1.12 bits per heavy atom. The van der Waals surface area contributed by atoms with Crippen LogP contribution in [-0.2, 0) is 4.74 Å². The third-order valence-corrected chi connectivity index (χ3v) is 5.41. The molecule has 6 heteroatoms. The number of hydrogen-bond donors (Lipinski definition) is 2. The first-order chi connectivity index (χ1) is 11.8. The Balaban J connectivity index is 0.00000312. The highest BCUT2D eigenvalue weighted by atomic mass is 127. The molecule has 148 valence electrons. The molecule has 0 aromatic heterocycles. The van der Waals surface area contributed by atoms with Crippen molar-refractivity contribution < 1.29 is 4.74 Å². The lowest BCUT2D eigenvalue weighted by molar-refractivity contribution is 0.0372. The molecule has 1 saturated carbocycles. The standard InChI is InChI=1S/C19H38N4O.HI/c1-17-6-5-7-18(16-17)8-10-22-19(20-2)21-9-3-4-11-23-12-14-24-15-13-23;/h17-18H,3-16H2,1-2H3,(H2,20,21,22);1H. The molecule has 5 nitrogen and oxygen atoms in total. The number of rotatable bonds is 8. The fourth-order valence-electron chi connectivity index (χ4n) is 3.93. The highest BCUT2D eigenvalue weighted by Gasteiger charge is 2.18. The van der Waals surface area contributed by atoms with Gasteiger partial charge in [-0.1, -0.05) is 26.2 Å². The molecule has 0 radical (unpaired) electrons. The lowest BCUT2D eigenvalue weighted by Gasteiger charge is -2.27. The molecule has 0 aromatic carbocycles. The van der Waals surface area contributed by atoms with Gasteiger partial charge in [0, 0.05) is 33.2 Å². The molecule has 1 heterocycles. The zero-order valence-electron chi connectivity index (χ0n) is 16.3. The van der Waals surface area contributed by atoms with Crippen LogP contribution >= 0.6 is 24.0 Å². The summed E-state index contributed by atoms with van der Waals surface area (Å²) >= 11 is 0. The van der Waals surface area contributed by atoms with Gasteiger partial charge in [0.2, 0.25) is 0 Å². The average molecular weight is 466 g/mol. The predicted octanol–water partition coefficient (Wildman–Crippen LogP) is 3.10. The number of hydrogen-bond acceptors (Lipinski definition) is 3. The molecule has 0 bridgehead atoms. The van der Waals surface area contributed by atoms with Gasteiger partial charge in [0.05, 0.1) is 13.2 Å². The first kappa shape index (κ1) is 23.0. The van der Waals surface area contributed by atoms with Gasteiger partial charge in [-0.2, -0.15) is 0 Å². The number of aliphatic imine (C=N–C) groups is 1. The zero-order valence-corrected chi connectivity index (χ0v) is 18.6. The van der Waals surface area contributed by atoms with Crippen LogP contribution in [0.15, 0.2) is 4.99 Å². The summed E-state index contributed by atoms with van der Waals surface area (Å²) in [6.45, 7) is 9.62. The van der Waals surface area contributed by atoms with Crippen LogP contribution in [0, 0.1) is 11.8 Å². The maximum atomic E-state index is 5.38. The first-order valence-electron chi connectivity index (χ1n) is 10.0. The van der Waals surface area contributed by atoms with Crippen molar-refractivity contribution in [1.29, 1.82) is 0 Å². The first-order valence-corrected chi connectivity index (χ1v) is 10.0. The molecule has 2 fully saturated rings. The minimum Gasteiger partial charge on any atom is -0.379 e. The molecule has 1 aliphatic carbocycles. The van der Waals surface area contributed by atoms with E-state index in [2.05, 4.69) is 27.4 Å². The second kappa shape index (κ2) is 14.0. The monoisotopic (exact) mass is 466 g/mol. The summed E-state index contributed by atoms with van der Waals surface area (Å²) in [6, 6.07) is 0. The van der Waals surface area contributed by atoms with E-state index in [-0.39, 0.29) is 24.0 Å². The van der Waals surface area contributed by atoms with Crippen molar-refractivity contribution in [3.8, 4) is 0 Å². The second-order valence-corrected chi connectivity index (χ2v) is 7.51. The average Bonchev–Trinajstić information content (AvgIpc) is 2.61. The molecular weight excluding hydrogens is 427 g/mol. The molecular formula is C19H39IN4O. The Labute approximate surface area is 171 Å². The number of nitrogens with zero attached hydrogens (tertiary/aromatic N) is 2. The normalized spacial score (nSPS) is 25.3. The van der Waals surface area contributed by atoms with Crippen LogP contribution in [0.4, 0.5) is 0 Å². The molecule has 0 aromatic rings. The van der Waals surface area contributed by atoms with Crippen molar-refractivity contribution in [2.24, 2.45) is 16.8 Å². The lowest BCUT2D eigenvalue weighted by Crippen LogP contribution is -2.39. The quantitative estimate of drug-likeness (QED) is 0.250. The van der Waals surface area contributed by atoms with Crippen LogP contribution < -0.4 is 10.6 Å². The van der Waals surface area contributed by atoms with E-state index in [4.69, 9.17) is 4.74 Å². The van der Waals surface area contributed by atoms with Crippen molar-refractivity contribution in [3.63, 3.8) is 0 Å². The number of unbranched alkanes of at least 4 members (excludes halogenated alkanes) is 1. The molecule has 2 rings (SSSR count). The van der Waals surface area contributed by atoms with E-state index in [0.717, 1.165) is 57.2 Å². The van der Waals surface area contributed by atoms with Crippen molar-refractivity contribution in [3.05, 3.63) is 0 Å². The summed E-state index contributed by atoms with van der Waals surface area (Å²) in [5, 5.41) is 6.93. The maximum Gasteiger partial charge on any atom is 0.190 e. The van der Waals surface area contributed by atoms with Crippen LogP contribution in [0.1, 0.15) is 51.9 Å². The topological polar surface area (TPSA) is 48.9 Å². The number of ether oxygens (including phenoxy) is 1. The second-order valence-electron chi connectivity index (χ2n) is 7.51. The zero-order chi connectivity index (χ0) is 17.0. The smallest absolute Gasteiger partial charge is 0.190 e. The van der Waals surface area contributed by atoms with Gasteiger partial charge in [-0.15, -0.1) is 24.0 Å². The van der Waals surface area contributed by atoms with Gasteiger partial charge in [0.25, 0.3) is 0 Å². The van der Waals surface area contributed by atoms with Crippen molar-refractivity contribution in [1.82, 2.24) is 15.5 Å². The summed E-state index contributed by atoms with van der Waals surface area (Å²) in [6.07, 6.45) is 9.39. The summed E-state index contributed by atoms with van der Waals surface area (Å²) in [4.78, 5) is 6.84. The summed E-state index contributed by atoms with van der Waals surface area (Å²) in [5.74, 6) is 2.80. The van der Waals surface area contributed by atoms with Gasteiger partial charge in [-0.3, -0.25) is 9.89 Å². The molecule has 0 amide bonds. The van der Waals surface area contributed by atoms with E-state index in [0.29, 0.717) is 0 Å². The van der Waals surface area contributed by atoms with E-state index in [9.17, 15) is 0 Å². The van der Waals surface area contributed by atoms with E-state index in [1.54, 1.807) is 0 Å². The molecule has 1 saturated heterocycles. The Kier molecular flexibility index (Phi) is 12.9. The Hall–Kier alpha value is -0.0800. The molecule has 0 spiro atoms. The molecule has 2 unspecified atom stereocenters. The third-order valence-electron chi connectivity index (χ3n) is 5.41. The summed E-state index contributed by atoms with van der Waals surface area (Å²) in [7, 11) is 1.87. The SMILES string of the molecule is CN=C(NCCCCN1CCOCC1)NCCC1CCCC(C)C1.I. The minimum atomic E-state index is 0. The van der Waals surface area contributed by atoms with Gasteiger partial charge in [0.15, 0.2) is 5.96 Å². The fraction of sp³-hybridized carbons (Fsp3) is 0.947. The largest absolute Gasteiger partial charge is 0.379 e. The number of nitrogens with one attached hydrogen (secondary N) is 2. The van der Waals surface area contributed by atoms with Crippen LogP contribution in [0.2, 0.25) is 0 Å². The van der Waals surface area contributed by atoms with Gasteiger partial charge >= 0.3 is 0 Å². The molecule has 2 atom stereocenters. The van der Waals surface area contributed by atoms with Gasteiger partial charge in [-0.25, -0.2) is 0 Å². The Bertz CT molecular complexity index is 361. The van der Waals surface area contributed by atoms with Crippen molar-refractivity contribution in [2.45, 2.75) is 51.9 Å². The van der Waals surface area contributed by atoms with Crippen LogP contribution in [-0.4, -0.2) is 63.8 Å². The van der Waals surface area contributed by atoms with E-state index < -0.39 is 0 Å². The minimum absolute atomic E-state index is 0. The van der Waals surface area contributed by atoms with Gasteiger partial charge in [0.1, 0.15) is 0 Å². The summed E-state index contributed by atoms with van der Waals surface area (Å²) in [5.41, 5.74) is 0. The summed E-state index contributed by atoms with van der Waals surface area (Å²) < 4.78 is 5.38. The predicted molar refractivity (Wildman–Crippen MR) is 117 cm³/mol. The molecule has 2 aliphatic rings. The molecule has 25 heavy (non-hydrogen) atoms. The number of halogens is 1. The Morgan fingerprint density at radius 3 is 2.60 bits per heavy atom. The molecule has 1 aliphatic heterocycles. The van der Waals surface area contributed by atoms with Crippen LogP contribution in [0.3, 0.4) is 0 Å². The Morgan fingerprint density at radius 2 is 1.88 bits per heavy atom. The highest BCUT2D eigenvalue weighted by molar-refractivity contribution is 14.0. The van der Waals surface area contributed by atoms with E-state index in [1.807, 2.05) is 7.05 Å². The lowest BCUT2D eigenvalue weighted by atomic mass is 9.81. The number of morpholine rings is 1. The number of guanidine groups is 1. The van der Waals surface area contributed by atoms with E-state index >= 15 is 0 Å². The van der Waals surface area contributed by atoms with Gasteiger partial charge in [-0.05, 0) is 44.1 Å². The van der Waals surface area contributed by atoms with Crippen molar-refractivity contribution >= 4 is 29.9 Å². The third kappa shape index (κ3) is 9.99. The highest BCUT2D eigenvalue weighted by Crippen LogP contribution is 2.30. The van der Waals surface area contributed by atoms with Crippen LogP contribution in [0.25, 0.3) is 0 Å².